The number of rotatable bonds is 2. The zero-order valence-corrected chi connectivity index (χ0v) is 12.9. The van der Waals surface area contributed by atoms with Crippen LogP contribution >= 0.6 is 0 Å². The van der Waals surface area contributed by atoms with Gasteiger partial charge in [-0.05, 0) is 0 Å². The molecule has 0 aliphatic heterocycles. The van der Waals surface area contributed by atoms with E-state index in [1.54, 1.807) is 0 Å². The average Bonchev–Trinajstić information content (AvgIpc) is 1.42. The molecule has 16 heavy (non-hydrogen) atoms. The van der Waals surface area contributed by atoms with Crippen LogP contribution in [0.4, 0.5) is 0 Å². The third-order valence-electron chi connectivity index (χ3n) is 0.169. The summed E-state index contributed by atoms with van der Waals surface area (Å²) in [6.45, 7) is 0. The van der Waals surface area contributed by atoms with Crippen LogP contribution in [0.3, 0.4) is 0 Å². The molecular weight excluding hydrogens is 349 g/mol. The summed E-state index contributed by atoms with van der Waals surface area (Å²) in [6, 6.07) is 0. The molecule has 0 saturated carbocycles. The molecule has 0 atom stereocenters. The van der Waals surface area contributed by atoms with Gasteiger partial charge in [0.2, 0.25) is 0 Å². The van der Waals surface area contributed by atoms with E-state index in [2.05, 4.69) is 2.84 Å². The van der Waals surface area contributed by atoms with E-state index in [9.17, 15) is 19.4 Å². The van der Waals surface area contributed by atoms with Gasteiger partial charge < -0.3 is 6.15 Å². The third kappa shape index (κ3) is 60.1. The van der Waals surface area contributed by atoms with Crippen LogP contribution in [0.2, 0.25) is 0 Å². The van der Waals surface area contributed by atoms with E-state index in [0.717, 1.165) is 0 Å². The molecule has 0 aromatic carbocycles. The molecule has 0 bridgehead atoms. The molecule has 0 aliphatic rings. The second-order valence-electron chi connectivity index (χ2n) is 1.35. The topological polar surface area (TPSA) is 230 Å². The zero-order valence-electron chi connectivity index (χ0n) is 7.54. The van der Waals surface area contributed by atoms with Gasteiger partial charge in [0.05, 0.1) is 0 Å². The van der Waals surface area contributed by atoms with Gasteiger partial charge in [-0.15, -0.1) is 0 Å². The van der Waals surface area contributed by atoms with E-state index in [1.807, 2.05) is 0 Å². The molecule has 0 amide bonds. The molecule has 0 saturated heterocycles. The zero-order chi connectivity index (χ0) is 12.2. The van der Waals surface area contributed by atoms with Crippen molar-refractivity contribution in [2.75, 3.05) is 0 Å². The molecule has 12 nitrogen and oxygen atoms in total. The Kier molecular flexibility index (Phi) is 14.4. The summed E-state index contributed by atoms with van der Waals surface area (Å²) in [7, 11) is -4.67. The second kappa shape index (κ2) is 8.98. The monoisotopic (exact) mass is 355 g/mol. The van der Waals surface area contributed by atoms with Gasteiger partial charge in [0.25, 0.3) is 0 Å². The van der Waals surface area contributed by atoms with Gasteiger partial charge >= 0.3 is 93.6 Å². The summed E-state index contributed by atoms with van der Waals surface area (Å²) in [5, 5.41) is 0. The van der Waals surface area contributed by atoms with Crippen molar-refractivity contribution < 1.29 is 101 Å². The Labute approximate surface area is 116 Å². The SMILES string of the molecule is N.O=S(=O)(O)O.[Na+].[O]=[Cr](=[O])([O-])[O][Cr](=[O])(=[O])[OH]. The van der Waals surface area contributed by atoms with Crippen LogP contribution in [-0.4, -0.2) is 21.7 Å². The molecule has 0 rings (SSSR count). The van der Waals surface area contributed by atoms with Crippen LogP contribution in [-0.2, 0) is 55.7 Å². The van der Waals surface area contributed by atoms with Crippen molar-refractivity contribution >= 4 is 10.4 Å². The first-order valence-corrected chi connectivity index (χ1v) is 7.66. The Morgan fingerprint density at radius 1 is 1.06 bits per heavy atom. The van der Waals surface area contributed by atoms with Gasteiger partial charge in [-0.25, -0.2) is 0 Å². The molecule has 0 heterocycles. The van der Waals surface area contributed by atoms with E-state index in [-0.39, 0.29) is 35.7 Å². The first kappa shape index (κ1) is 25.7. The maximum atomic E-state index is 9.49. The third-order valence-corrected chi connectivity index (χ3v) is 2.88. The van der Waals surface area contributed by atoms with Crippen molar-refractivity contribution in [3.63, 3.8) is 0 Å². The van der Waals surface area contributed by atoms with Crippen molar-refractivity contribution in [3.05, 3.63) is 0 Å². The van der Waals surface area contributed by atoms with Gasteiger partial charge in [-0.3, -0.25) is 9.11 Å². The molecule has 16 heteroatoms. The second-order valence-corrected chi connectivity index (χ2v) is 5.95. The molecule has 96 valence electrons. The van der Waals surface area contributed by atoms with Gasteiger partial charge in [-0.2, -0.15) is 8.42 Å². The molecule has 0 aliphatic carbocycles. The predicted octanol–water partition coefficient (Wildman–Crippen LogP) is -5.78. The van der Waals surface area contributed by atoms with Crippen LogP contribution < -0.4 is 39.9 Å². The Balaban J connectivity index is -0.0000000904. The summed E-state index contributed by atoms with van der Waals surface area (Å²) in [6.07, 6.45) is 0. The molecule has 0 aromatic rings. The first-order valence-electron chi connectivity index (χ1n) is 2.05. The van der Waals surface area contributed by atoms with Crippen molar-refractivity contribution in [2.45, 2.75) is 0 Å². The van der Waals surface area contributed by atoms with Gasteiger partial charge in [0.1, 0.15) is 0 Å². The Bertz CT molecular complexity index is 416. The maximum absolute atomic E-state index is 9.49. The van der Waals surface area contributed by atoms with Crippen LogP contribution in [0.15, 0.2) is 0 Å². The van der Waals surface area contributed by atoms with E-state index < -0.39 is 37.6 Å². The fourth-order valence-electron chi connectivity index (χ4n) is 0.105. The summed E-state index contributed by atoms with van der Waals surface area (Å²) in [5.41, 5.74) is 0. The van der Waals surface area contributed by atoms with E-state index >= 15 is 0 Å². The number of hydrogen-bond acceptors (Lipinski definition) is 9. The Morgan fingerprint density at radius 2 is 1.25 bits per heavy atom. The van der Waals surface area contributed by atoms with Crippen molar-refractivity contribution in [3.8, 4) is 0 Å². The summed E-state index contributed by atoms with van der Waals surface area (Å²) >= 11 is -11.8. The number of hydrogen-bond donors (Lipinski definition) is 4. The minimum atomic E-state index is -6.01. The quantitative estimate of drug-likeness (QED) is 0.268. The minimum absolute atomic E-state index is 0. The normalized spacial score (nSPS) is 11.2. The van der Waals surface area contributed by atoms with Crippen LogP contribution in [0.5, 0.6) is 0 Å². The first-order chi connectivity index (χ1) is 5.71. The molecule has 0 aromatic heterocycles. The molecule has 6 N–H and O–H groups in total. The van der Waals surface area contributed by atoms with Crippen molar-refractivity contribution in [2.24, 2.45) is 0 Å². The van der Waals surface area contributed by atoms with Gasteiger partial charge in [-0.1, -0.05) is 0 Å². The van der Waals surface area contributed by atoms with Crippen LogP contribution in [0, 0.1) is 0 Å². The fourth-order valence-corrected chi connectivity index (χ4v) is 1.79. The Hall–Kier alpha value is 0.975. The van der Waals surface area contributed by atoms with E-state index in [4.69, 9.17) is 21.7 Å². The van der Waals surface area contributed by atoms with Crippen molar-refractivity contribution in [1.82, 2.24) is 6.15 Å². The molecule has 0 unspecified atom stereocenters. The van der Waals surface area contributed by atoms with Gasteiger partial charge in [0.15, 0.2) is 0 Å². The van der Waals surface area contributed by atoms with Crippen LogP contribution in [0.1, 0.15) is 0 Å². The fraction of sp³-hybridized carbons (Fsp3) is 0. The summed E-state index contributed by atoms with van der Waals surface area (Å²) in [5.74, 6) is 0. The van der Waals surface area contributed by atoms with Gasteiger partial charge in [0, 0.05) is 0 Å². The average molecular weight is 355 g/mol. The standard InChI is InChI=1S/2Cr.H3N.Na.H2O4S.H2O.6O/c;;;;1-5(2,3)4;;;;;;;/h;;1H3;;(H2,1,2,3,4);1H2;;;;;;/q;+1;;+1;;;;;;;;-1/p-1. The predicted molar refractivity (Wildman–Crippen MR) is 25.2 cm³/mol. The molecule has 0 spiro atoms. The van der Waals surface area contributed by atoms with Crippen molar-refractivity contribution in [1.29, 1.82) is 0 Å². The van der Waals surface area contributed by atoms with E-state index in [0.29, 0.717) is 0 Å². The molecule has 0 fully saturated rings. The Morgan fingerprint density at radius 3 is 1.25 bits per heavy atom. The molecule has 0 radical (unpaired) electrons. The summed E-state index contributed by atoms with van der Waals surface area (Å²) in [4.78, 5) is 0. The van der Waals surface area contributed by atoms with Crippen LogP contribution in [0.25, 0.3) is 0 Å². The van der Waals surface area contributed by atoms with E-state index in [1.165, 1.54) is 0 Å². The summed E-state index contributed by atoms with van der Waals surface area (Å²) < 4.78 is 89.2. The molecular formula is H6Cr2NNaO11S.